The molecule has 1 aromatic heterocycles. The van der Waals surface area contributed by atoms with Crippen molar-refractivity contribution in [2.75, 3.05) is 24.9 Å². The zero-order valence-corrected chi connectivity index (χ0v) is 15.3. The summed E-state index contributed by atoms with van der Waals surface area (Å²) in [5.41, 5.74) is 1.81. The van der Waals surface area contributed by atoms with E-state index in [1.807, 2.05) is 0 Å². The van der Waals surface area contributed by atoms with E-state index < -0.39 is 11.9 Å². The van der Waals surface area contributed by atoms with Gasteiger partial charge in [0.15, 0.2) is 0 Å². The van der Waals surface area contributed by atoms with Crippen molar-refractivity contribution >= 4 is 35.1 Å². The standard InChI is InChI=1S/C20H18N4O4/c1-27-18(25)13-7-3-5-9-15(13)22-17-11-12-21-20(24-17)23-16-10-6-4-8-14(16)19(26)28-2/h3-12H,1-2H3,(H2,21,22,23,24). The quantitative estimate of drug-likeness (QED) is 0.628. The van der Waals surface area contributed by atoms with Crippen molar-refractivity contribution in [3.05, 3.63) is 71.9 Å². The number of esters is 2. The Labute approximate surface area is 161 Å². The lowest BCUT2D eigenvalue weighted by molar-refractivity contribution is 0.0593. The summed E-state index contributed by atoms with van der Waals surface area (Å²) >= 11 is 0. The Morgan fingerprint density at radius 3 is 1.89 bits per heavy atom. The van der Waals surface area contributed by atoms with E-state index in [0.717, 1.165) is 0 Å². The van der Waals surface area contributed by atoms with Crippen molar-refractivity contribution in [2.45, 2.75) is 0 Å². The predicted molar refractivity (Wildman–Crippen MR) is 104 cm³/mol. The molecule has 0 saturated heterocycles. The molecule has 142 valence electrons. The molecule has 0 amide bonds. The van der Waals surface area contributed by atoms with Crippen molar-refractivity contribution in [1.82, 2.24) is 9.97 Å². The van der Waals surface area contributed by atoms with Gasteiger partial charge in [-0.3, -0.25) is 0 Å². The van der Waals surface area contributed by atoms with Crippen LogP contribution in [-0.2, 0) is 9.47 Å². The molecular weight excluding hydrogens is 360 g/mol. The molecule has 3 rings (SSSR count). The number of ether oxygens (including phenoxy) is 2. The van der Waals surface area contributed by atoms with Gasteiger partial charge in [0.25, 0.3) is 0 Å². The van der Waals surface area contributed by atoms with Crippen LogP contribution in [0.1, 0.15) is 20.7 Å². The third kappa shape index (κ3) is 4.24. The Morgan fingerprint density at radius 1 is 0.786 bits per heavy atom. The zero-order valence-electron chi connectivity index (χ0n) is 15.3. The fraction of sp³-hybridized carbons (Fsp3) is 0.100. The first kappa shape index (κ1) is 18.8. The first-order valence-electron chi connectivity index (χ1n) is 8.34. The number of hydrogen-bond acceptors (Lipinski definition) is 8. The highest BCUT2D eigenvalue weighted by molar-refractivity contribution is 5.97. The summed E-state index contributed by atoms with van der Waals surface area (Å²) < 4.78 is 9.58. The maximum atomic E-state index is 11.9. The number of carbonyl (C=O) groups is 2. The number of carbonyl (C=O) groups excluding carboxylic acids is 2. The average molecular weight is 378 g/mol. The molecule has 8 nitrogen and oxygen atoms in total. The summed E-state index contributed by atoms with van der Waals surface area (Å²) in [6.07, 6.45) is 1.55. The average Bonchev–Trinajstić information content (AvgIpc) is 2.73. The van der Waals surface area contributed by atoms with Gasteiger partial charge in [-0.15, -0.1) is 0 Å². The molecular formula is C20H18N4O4. The van der Waals surface area contributed by atoms with E-state index in [1.165, 1.54) is 14.2 Å². The molecule has 0 aliphatic carbocycles. The molecule has 0 fully saturated rings. The van der Waals surface area contributed by atoms with Crippen molar-refractivity contribution in [3.8, 4) is 0 Å². The van der Waals surface area contributed by atoms with Gasteiger partial charge in [0.05, 0.1) is 36.7 Å². The van der Waals surface area contributed by atoms with Gasteiger partial charge >= 0.3 is 11.9 Å². The Balaban J connectivity index is 1.85. The highest BCUT2D eigenvalue weighted by atomic mass is 16.5. The maximum absolute atomic E-state index is 11.9. The van der Waals surface area contributed by atoms with Crippen LogP contribution in [0.4, 0.5) is 23.1 Å². The van der Waals surface area contributed by atoms with Crippen LogP contribution in [0.25, 0.3) is 0 Å². The number of methoxy groups -OCH3 is 2. The number of para-hydroxylation sites is 2. The maximum Gasteiger partial charge on any atom is 0.339 e. The van der Waals surface area contributed by atoms with E-state index in [4.69, 9.17) is 9.47 Å². The third-order valence-electron chi connectivity index (χ3n) is 3.83. The first-order chi connectivity index (χ1) is 13.6. The monoisotopic (exact) mass is 378 g/mol. The van der Waals surface area contributed by atoms with Crippen molar-refractivity contribution in [3.63, 3.8) is 0 Å². The van der Waals surface area contributed by atoms with E-state index in [2.05, 4.69) is 20.6 Å². The molecule has 0 aliphatic heterocycles. The van der Waals surface area contributed by atoms with E-state index in [-0.39, 0.29) is 5.95 Å². The van der Waals surface area contributed by atoms with Gasteiger partial charge in [0, 0.05) is 6.20 Å². The van der Waals surface area contributed by atoms with E-state index in [9.17, 15) is 9.59 Å². The van der Waals surface area contributed by atoms with Gasteiger partial charge in [-0.05, 0) is 30.3 Å². The molecule has 3 aromatic rings. The van der Waals surface area contributed by atoms with Crippen LogP contribution in [-0.4, -0.2) is 36.1 Å². The summed E-state index contributed by atoms with van der Waals surface area (Å²) in [6, 6.07) is 15.5. The second kappa shape index (κ2) is 8.63. The summed E-state index contributed by atoms with van der Waals surface area (Å²) in [5, 5.41) is 6.09. The SMILES string of the molecule is COC(=O)c1ccccc1Nc1ccnc(Nc2ccccc2C(=O)OC)n1. The molecule has 0 bridgehead atoms. The highest BCUT2D eigenvalue weighted by Crippen LogP contribution is 2.23. The van der Waals surface area contributed by atoms with Crippen LogP contribution in [0.15, 0.2) is 60.8 Å². The van der Waals surface area contributed by atoms with Crippen molar-refractivity contribution in [2.24, 2.45) is 0 Å². The van der Waals surface area contributed by atoms with Crippen LogP contribution < -0.4 is 10.6 Å². The van der Waals surface area contributed by atoms with E-state index >= 15 is 0 Å². The lowest BCUT2D eigenvalue weighted by Crippen LogP contribution is -2.08. The molecule has 28 heavy (non-hydrogen) atoms. The van der Waals surface area contributed by atoms with Crippen molar-refractivity contribution in [1.29, 1.82) is 0 Å². The Kier molecular flexibility index (Phi) is 5.81. The largest absolute Gasteiger partial charge is 0.465 e. The van der Waals surface area contributed by atoms with Gasteiger partial charge in [0.2, 0.25) is 5.95 Å². The molecule has 0 spiro atoms. The number of rotatable bonds is 6. The van der Waals surface area contributed by atoms with Gasteiger partial charge < -0.3 is 20.1 Å². The fourth-order valence-corrected chi connectivity index (χ4v) is 2.51. The lowest BCUT2D eigenvalue weighted by atomic mass is 10.2. The second-order valence-corrected chi connectivity index (χ2v) is 5.59. The highest BCUT2D eigenvalue weighted by Gasteiger charge is 2.14. The lowest BCUT2D eigenvalue weighted by Gasteiger charge is -2.12. The minimum atomic E-state index is -0.468. The van der Waals surface area contributed by atoms with E-state index in [1.54, 1.807) is 60.8 Å². The smallest absolute Gasteiger partial charge is 0.339 e. The fourth-order valence-electron chi connectivity index (χ4n) is 2.51. The number of hydrogen-bond donors (Lipinski definition) is 2. The third-order valence-corrected chi connectivity index (χ3v) is 3.83. The molecule has 2 N–H and O–H groups in total. The topological polar surface area (TPSA) is 102 Å². The number of benzene rings is 2. The van der Waals surface area contributed by atoms with Crippen molar-refractivity contribution < 1.29 is 19.1 Å². The van der Waals surface area contributed by atoms with Crippen LogP contribution in [0.2, 0.25) is 0 Å². The zero-order chi connectivity index (χ0) is 19.9. The summed E-state index contributed by atoms with van der Waals surface area (Å²) in [7, 11) is 2.64. The molecule has 2 aromatic carbocycles. The molecule has 0 atom stereocenters. The normalized spacial score (nSPS) is 10.1. The predicted octanol–water partition coefficient (Wildman–Crippen LogP) is 3.54. The minimum absolute atomic E-state index is 0.275. The molecule has 8 heteroatoms. The van der Waals surface area contributed by atoms with Crippen LogP contribution in [0, 0.1) is 0 Å². The van der Waals surface area contributed by atoms with Crippen LogP contribution >= 0.6 is 0 Å². The number of anilines is 4. The van der Waals surface area contributed by atoms with Gasteiger partial charge in [-0.1, -0.05) is 24.3 Å². The summed E-state index contributed by atoms with van der Waals surface area (Å²) in [4.78, 5) is 32.4. The van der Waals surface area contributed by atoms with Gasteiger partial charge in [0.1, 0.15) is 5.82 Å². The molecule has 1 heterocycles. The Bertz CT molecular complexity index is 930. The van der Waals surface area contributed by atoms with Gasteiger partial charge in [-0.25, -0.2) is 14.6 Å². The number of nitrogens with one attached hydrogen (secondary N) is 2. The second-order valence-electron chi connectivity index (χ2n) is 5.59. The molecule has 0 saturated carbocycles. The first-order valence-corrected chi connectivity index (χ1v) is 8.34. The Morgan fingerprint density at radius 2 is 1.32 bits per heavy atom. The molecule has 0 aliphatic rings. The molecule has 0 unspecified atom stereocenters. The van der Waals surface area contributed by atoms with Crippen LogP contribution in [0.3, 0.4) is 0 Å². The summed E-state index contributed by atoms with van der Waals surface area (Å²) in [5.74, 6) is -0.187. The van der Waals surface area contributed by atoms with E-state index in [0.29, 0.717) is 28.3 Å². The van der Waals surface area contributed by atoms with Crippen LogP contribution in [0.5, 0.6) is 0 Å². The minimum Gasteiger partial charge on any atom is -0.465 e. The molecule has 0 radical (unpaired) electrons. The Hall–Kier alpha value is -3.94. The summed E-state index contributed by atoms with van der Waals surface area (Å²) in [6.45, 7) is 0. The number of aromatic nitrogens is 2. The van der Waals surface area contributed by atoms with Gasteiger partial charge in [-0.2, -0.15) is 4.98 Å². The number of nitrogens with zero attached hydrogens (tertiary/aromatic N) is 2.